The van der Waals surface area contributed by atoms with Gasteiger partial charge in [0, 0.05) is 29.7 Å². The number of benzene rings is 1. The van der Waals surface area contributed by atoms with Crippen molar-refractivity contribution < 1.29 is 17.6 Å². The molecular weight excluding hydrogens is 343 g/mol. The van der Waals surface area contributed by atoms with E-state index in [0.717, 1.165) is 25.5 Å². The van der Waals surface area contributed by atoms with Crippen molar-refractivity contribution in [1.82, 2.24) is 9.62 Å². The molecule has 1 amide bonds. The number of amides is 1. The van der Waals surface area contributed by atoms with Crippen LogP contribution in [0.5, 0.6) is 0 Å². The molecule has 1 heterocycles. The molecule has 0 saturated carbocycles. The van der Waals surface area contributed by atoms with Gasteiger partial charge in [-0.05, 0) is 31.4 Å². The zero-order valence-electron chi connectivity index (χ0n) is 12.9. The minimum absolute atomic E-state index is 0.124. The van der Waals surface area contributed by atoms with Gasteiger partial charge >= 0.3 is 0 Å². The second-order valence-electron chi connectivity index (χ2n) is 5.73. The number of rotatable bonds is 5. The highest BCUT2D eigenvalue weighted by molar-refractivity contribution is 7.88. The maximum absolute atomic E-state index is 13.8. The smallest absolute Gasteiger partial charge is 0.227 e. The number of nitrogens with one attached hydrogen (secondary N) is 1. The van der Waals surface area contributed by atoms with Gasteiger partial charge < -0.3 is 4.90 Å². The number of hydrogen-bond acceptors (Lipinski definition) is 3. The number of likely N-dealkylation sites (tertiary alicyclic amines) is 1. The Morgan fingerprint density at radius 1 is 1.43 bits per heavy atom. The van der Waals surface area contributed by atoms with Gasteiger partial charge in [0.25, 0.3) is 0 Å². The van der Waals surface area contributed by atoms with Crippen LogP contribution in [0.1, 0.15) is 24.8 Å². The Morgan fingerprint density at radius 3 is 2.83 bits per heavy atom. The Kier molecular flexibility index (Phi) is 6.00. The van der Waals surface area contributed by atoms with Crippen LogP contribution < -0.4 is 4.72 Å². The van der Waals surface area contributed by atoms with Crippen LogP contribution in [0.3, 0.4) is 0 Å². The number of carbonyl (C=O) groups excluding carboxylic acids is 1. The van der Waals surface area contributed by atoms with Crippen molar-refractivity contribution >= 4 is 27.5 Å². The molecule has 1 aromatic carbocycles. The van der Waals surface area contributed by atoms with Crippen molar-refractivity contribution in [1.29, 1.82) is 0 Å². The second-order valence-corrected chi connectivity index (χ2v) is 7.97. The van der Waals surface area contributed by atoms with Crippen LogP contribution in [0.25, 0.3) is 0 Å². The van der Waals surface area contributed by atoms with Gasteiger partial charge in [-0.2, -0.15) is 0 Å². The number of halogens is 2. The Hall–Kier alpha value is -1.18. The molecule has 1 fully saturated rings. The first-order valence-electron chi connectivity index (χ1n) is 7.45. The fourth-order valence-electron chi connectivity index (χ4n) is 2.74. The van der Waals surface area contributed by atoms with Crippen molar-refractivity contribution in [2.75, 3.05) is 19.3 Å². The SMILES string of the molecule is CS(=O)(=O)NC[C@H]1CCCCN1C(=O)Cc1c(F)cccc1Cl. The number of carbonyl (C=O) groups is 1. The Labute approximate surface area is 140 Å². The van der Waals surface area contributed by atoms with Crippen LogP contribution in [0.15, 0.2) is 18.2 Å². The van der Waals surface area contributed by atoms with E-state index in [4.69, 9.17) is 11.6 Å². The van der Waals surface area contributed by atoms with Crippen LogP contribution in [0, 0.1) is 5.82 Å². The van der Waals surface area contributed by atoms with E-state index < -0.39 is 15.8 Å². The number of hydrogen-bond donors (Lipinski definition) is 1. The quantitative estimate of drug-likeness (QED) is 0.870. The molecule has 2 rings (SSSR count). The first-order chi connectivity index (χ1) is 10.8. The predicted molar refractivity (Wildman–Crippen MR) is 87.3 cm³/mol. The lowest BCUT2D eigenvalue weighted by atomic mass is 10.0. The highest BCUT2D eigenvalue weighted by atomic mass is 35.5. The Balaban J connectivity index is 2.09. The van der Waals surface area contributed by atoms with Crippen LogP contribution in [0.4, 0.5) is 4.39 Å². The van der Waals surface area contributed by atoms with Crippen molar-refractivity contribution in [2.45, 2.75) is 31.7 Å². The van der Waals surface area contributed by atoms with E-state index in [1.54, 1.807) is 11.0 Å². The van der Waals surface area contributed by atoms with Crippen LogP contribution >= 0.6 is 11.6 Å². The van der Waals surface area contributed by atoms with Gasteiger partial charge in [0.05, 0.1) is 12.7 Å². The fourth-order valence-corrected chi connectivity index (χ4v) is 3.47. The minimum atomic E-state index is -3.31. The molecular formula is C15H20ClFN2O3S. The lowest BCUT2D eigenvalue weighted by molar-refractivity contribution is -0.134. The lowest BCUT2D eigenvalue weighted by Crippen LogP contribution is -2.49. The van der Waals surface area contributed by atoms with Gasteiger partial charge in [0.15, 0.2) is 0 Å². The molecule has 23 heavy (non-hydrogen) atoms. The highest BCUT2D eigenvalue weighted by Crippen LogP contribution is 2.23. The summed E-state index contributed by atoms with van der Waals surface area (Å²) in [5.41, 5.74) is 0.180. The average molecular weight is 363 g/mol. The van der Waals surface area contributed by atoms with Crippen LogP contribution in [-0.4, -0.2) is 44.6 Å². The third-order valence-electron chi connectivity index (χ3n) is 3.92. The largest absolute Gasteiger partial charge is 0.338 e. The van der Waals surface area contributed by atoms with Gasteiger partial charge in [-0.3, -0.25) is 4.79 Å². The van der Waals surface area contributed by atoms with Gasteiger partial charge in [0.2, 0.25) is 15.9 Å². The fraction of sp³-hybridized carbons (Fsp3) is 0.533. The number of nitrogens with zero attached hydrogens (tertiary/aromatic N) is 1. The summed E-state index contributed by atoms with van der Waals surface area (Å²) in [6, 6.07) is 4.10. The van der Waals surface area contributed by atoms with Crippen molar-refractivity contribution in [3.05, 3.63) is 34.6 Å². The van der Waals surface area contributed by atoms with Crippen molar-refractivity contribution in [3.63, 3.8) is 0 Å². The van der Waals surface area contributed by atoms with Gasteiger partial charge in [-0.25, -0.2) is 17.5 Å². The summed E-state index contributed by atoms with van der Waals surface area (Å²) in [4.78, 5) is 14.2. The standard InChI is InChI=1S/C15H20ClFN2O3S/c1-23(21,22)18-10-11-5-2-3-8-19(11)15(20)9-12-13(16)6-4-7-14(12)17/h4,6-7,11,18H,2-3,5,8-10H2,1H3/t11-/m1/s1. The summed E-state index contributed by atoms with van der Waals surface area (Å²) < 4.78 is 38.8. The maximum atomic E-state index is 13.8. The van der Waals surface area contributed by atoms with Gasteiger partial charge in [-0.1, -0.05) is 17.7 Å². The molecule has 5 nitrogen and oxygen atoms in total. The molecule has 0 bridgehead atoms. The zero-order valence-corrected chi connectivity index (χ0v) is 14.5. The number of sulfonamides is 1. The summed E-state index contributed by atoms with van der Waals surface area (Å²) in [6.07, 6.45) is 3.47. The van der Waals surface area contributed by atoms with E-state index in [0.29, 0.717) is 6.54 Å². The average Bonchev–Trinajstić information content (AvgIpc) is 2.48. The van der Waals surface area contributed by atoms with E-state index in [2.05, 4.69) is 4.72 Å². The lowest BCUT2D eigenvalue weighted by Gasteiger charge is -2.36. The van der Waals surface area contributed by atoms with E-state index in [1.165, 1.54) is 12.1 Å². The molecule has 1 aromatic rings. The van der Waals surface area contributed by atoms with Crippen LogP contribution in [-0.2, 0) is 21.2 Å². The summed E-state index contributed by atoms with van der Waals surface area (Å²) in [5.74, 6) is -0.745. The molecule has 1 saturated heterocycles. The van der Waals surface area contributed by atoms with Crippen molar-refractivity contribution in [3.8, 4) is 0 Å². The van der Waals surface area contributed by atoms with Crippen molar-refractivity contribution in [2.24, 2.45) is 0 Å². The third-order valence-corrected chi connectivity index (χ3v) is 4.96. The molecule has 1 atom stereocenters. The van der Waals surface area contributed by atoms with Gasteiger partial charge in [-0.15, -0.1) is 0 Å². The summed E-state index contributed by atoms with van der Waals surface area (Å²) >= 11 is 5.97. The van der Waals surface area contributed by atoms with E-state index in [1.807, 2.05) is 0 Å². The molecule has 8 heteroatoms. The predicted octanol–water partition coefficient (Wildman–Crippen LogP) is 1.95. The maximum Gasteiger partial charge on any atom is 0.227 e. The molecule has 0 unspecified atom stereocenters. The molecule has 1 aliphatic rings. The first kappa shape index (κ1) is 18.2. The number of piperidine rings is 1. The third kappa shape index (κ3) is 5.16. The van der Waals surface area contributed by atoms with E-state index >= 15 is 0 Å². The molecule has 1 N–H and O–H groups in total. The normalized spacial score (nSPS) is 18.9. The summed E-state index contributed by atoms with van der Waals surface area (Å²) in [6.45, 7) is 0.719. The summed E-state index contributed by atoms with van der Waals surface area (Å²) in [5, 5.41) is 0.223. The molecule has 0 aromatic heterocycles. The Morgan fingerprint density at radius 2 is 2.17 bits per heavy atom. The molecule has 0 spiro atoms. The molecule has 0 radical (unpaired) electrons. The topological polar surface area (TPSA) is 66.5 Å². The minimum Gasteiger partial charge on any atom is -0.338 e. The van der Waals surface area contributed by atoms with Gasteiger partial charge in [0.1, 0.15) is 5.82 Å². The monoisotopic (exact) mass is 362 g/mol. The first-order valence-corrected chi connectivity index (χ1v) is 9.72. The zero-order chi connectivity index (χ0) is 17.0. The molecule has 128 valence electrons. The summed E-state index contributed by atoms with van der Waals surface area (Å²) in [7, 11) is -3.31. The van der Waals surface area contributed by atoms with E-state index in [-0.39, 0.29) is 35.5 Å². The van der Waals surface area contributed by atoms with E-state index in [9.17, 15) is 17.6 Å². The molecule has 1 aliphatic heterocycles. The second kappa shape index (κ2) is 7.59. The Bertz CT molecular complexity index is 661. The highest BCUT2D eigenvalue weighted by Gasteiger charge is 2.28. The molecule has 0 aliphatic carbocycles. The van der Waals surface area contributed by atoms with Crippen LogP contribution in [0.2, 0.25) is 5.02 Å².